The van der Waals surface area contributed by atoms with Crippen LogP contribution in [0.1, 0.15) is 40.2 Å². The Morgan fingerprint density at radius 1 is 1.09 bits per heavy atom. The Bertz CT molecular complexity index is 1740. The molecule has 0 bridgehead atoms. The van der Waals surface area contributed by atoms with Gasteiger partial charge >= 0.3 is 18.0 Å². The molecule has 0 spiro atoms. The van der Waals surface area contributed by atoms with Crippen LogP contribution in [0.2, 0.25) is 0 Å². The highest BCUT2D eigenvalue weighted by molar-refractivity contribution is 7.99. The predicted molar refractivity (Wildman–Crippen MR) is 168 cm³/mol. The number of nitrogens with zero attached hydrogens (tertiary/aromatic N) is 4. The van der Waals surface area contributed by atoms with Crippen LogP contribution in [0.3, 0.4) is 0 Å². The highest BCUT2D eigenvalue weighted by Gasteiger charge is 2.40. The summed E-state index contributed by atoms with van der Waals surface area (Å²) in [4.78, 5) is 46.9. The molecule has 1 fully saturated rings. The van der Waals surface area contributed by atoms with Crippen molar-refractivity contribution in [1.29, 1.82) is 0 Å². The van der Waals surface area contributed by atoms with E-state index in [2.05, 4.69) is 16.9 Å². The number of rotatable bonds is 4. The first-order valence-electron chi connectivity index (χ1n) is 14.7. The number of thioether (sulfide) groups is 1. The number of alkyl halides is 3. The van der Waals surface area contributed by atoms with Crippen molar-refractivity contribution >= 4 is 40.5 Å². The summed E-state index contributed by atoms with van der Waals surface area (Å²) in [5.41, 5.74) is -2.33. The third-order valence-corrected chi connectivity index (χ3v) is 9.09. The topological polar surface area (TPSA) is 96.8 Å². The monoisotopic (exact) mass is 661 g/mol. The van der Waals surface area contributed by atoms with Crippen molar-refractivity contribution in [2.45, 2.75) is 76.0 Å². The molecular weight excluding hydrogens is 626 g/mol. The molecule has 5 rings (SSSR count). The molecule has 3 atom stereocenters. The summed E-state index contributed by atoms with van der Waals surface area (Å²) in [6.45, 7) is 12.6. The van der Waals surface area contributed by atoms with Gasteiger partial charge in [0.25, 0.3) is 0 Å². The van der Waals surface area contributed by atoms with Crippen molar-refractivity contribution in [3.8, 4) is 11.1 Å². The van der Waals surface area contributed by atoms with Crippen molar-refractivity contribution in [1.82, 2.24) is 19.8 Å². The van der Waals surface area contributed by atoms with Gasteiger partial charge in [-0.25, -0.2) is 14.0 Å². The molecule has 1 saturated heterocycles. The number of amides is 2. The number of hydrogen-bond acceptors (Lipinski definition) is 7. The summed E-state index contributed by atoms with van der Waals surface area (Å²) >= 11 is 1.06. The Labute approximate surface area is 267 Å². The number of aromatic nitrogens is 2. The lowest BCUT2D eigenvalue weighted by molar-refractivity contribution is -0.137. The second kappa shape index (κ2) is 12.3. The number of nitrogens with one attached hydrogen (secondary N) is 1. The Morgan fingerprint density at radius 2 is 1.72 bits per heavy atom. The summed E-state index contributed by atoms with van der Waals surface area (Å²) in [6, 6.07) is 4.28. The molecule has 3 heterocycles. The zero-order valence-corrected chi connectivity index (χ0v) is 26.9. The first-order chi connectivity index (χ1) is 21.5. The Hall–Kier alpha value is -4.07. The number of carbonyl (C=O) groups is 2. The second-order valence-corrected chi connectivity index (χ2v) is 13.6. The molecule has 0 radical (unpaired) electrons. The van der Waals surface area contributed by atoms with E-state index in [-0.39, 0.29) is 76.1 Å². The van der Waals surface area contributed by atoms with Gasteiger partial charge in [0.15, 0.2) is 0 Å². The van der Waals surface area contributed by atoms with E-state index in [1.807, 2.05) is 13.8 Å². The van der Waals surface area contributed by atoms with E-state index in [1.54, 1.807) is 30.6 Å². The van der Waals surface area contributed by atoms with E-state index in [0.29, 0.717) is 0 Å². The minimum Gasteiger partial charge on any atom is -0.444 e. The fraction of sp³-hybridized carbons (Fsp3) is 0.438. The fourth-order valence-electron chi connectivity index (χ4n) is 6.12. The summed E-state index contributed by atoms with van der Waals surface area (Å²) in [5.74, 6) is -0.711. The van der Waals surface area contributed by atoms with E-state index in [9.17, 15) is 31.9 Å². The van der Waals surface area contributed by atoms with Gasteiger partial charge in [0.2, 0.25) is 5.91 Å². The van der Waals surface area contributed by atoms with Crippen molar-refractivity contribution in [3.63, 3.8) is 0 Å². The lowest BCUT2D eigenvalue weighted by atomic mass is 9.96. The smallest absolute Gasteiger partial charge is 0.417 e. The normalized spacial score (nSPS) is 20.3. The Morgan fingerprint density at radius 3 is 2.28 bits per heavy atom. The van der Waals surface area contributed by atoms with Gasteiger partial charge in [-0.15, -0.1) is 11.8 Å². The Kier molecular flexibility index (Phi) is 8.88. The van der Waals surface area contributed by atoms with Crippen LogP contribution in [-0.2, 0) is 22.3 Å². The summed E-state index contributed by atoms with van der Waals surface area (Å²) < 4.78 is 65.4. The molecule has 3 aromatic rings. The van der Waals surface area contributed by atoms with Crippen LogP contribution < -0.4 is 15.9 Å². The van der Waals surface area contributed by atoms with E-state index in [0.717, 1.165) is 30.0 Å². The molecule has 46 heavy (non-hydrogen) atoms. The number of ether oxygens (including phenoxy) is 1. The average molecular weight is 662 g/mol. The maximum atomic E-state index is 14.9. The van der Waals surface area contributed by atoms with Gasteiger partial charge < -0.3 is 19.9 Å². The van der Waals surface area contributed by atoms with Gasteiger partial charge in [0, 0.05) is 53.3 Å². The maximum Gasteiger partial charge on any atom is 0.417 e. The van der Waals surface area contributed by atoms with Gasteiger partial charge in [0.05, 0.1) is 17.1 Å². The SMILES string of the molecule is C=CC(=O)N1[C@H](C)CN(c2nc(=O)n3c4c(c(-c5ccc(F)cc5)c(C(F)(F)F)cc24)SC[C@@H](NC(=O)OC(C)(C)C)C3)C[C@@H]1C. The third kappa shape index (κ3) is 6.58. The number of anilines is 1. The second-order valence-electron chi connectivity index (χ2n) is 12.6. The fourth-order valence-corrected chi connectivity index (χ4v) is 7.41. The zero-order valence-electron chi connectivity index (χ0n) is 26.1. The lowest BCUT2D eigenvalue weighted by Gasteiger charge is -2.44. The van der Waals surface area contributed by atoms with Crippen molar-refractivity contribution in [3.05, 3.63) is 64.9 Å². The average Bonchev–Trinajstić information content (AvgIpc) is 3.13. The molecule has 2 aliphatic heterocycles. The van der Waals surface area contributed by atoms with Crippen LogP contribution in [0.5, 0.6) is 0 Å². The molecule has 2 aliphatic rings. The highest BCUT2D eigenvalue weighted by Crippen LogP contribution is 2.48. The van der Waals surface area contributed by atoms with E-state index in [4.69, 9.17) is 4.74 Å². The highest BCUT2D eigenvalue weighted by atomic mass is 32.2. The largest absolute Gasteiger partial charge is 0.444 e. The van der Waals surface area contributed by atoms with Gasteiger partial charge in [-0.3, -0.25) is 9.36 Å². The first kappa shape index (κ1) is 33.3. The number of halogens is 4. The number of hydrogen-bond donors (Lipinski definition) is 1. The lowest BCUT2D eigenvalue weighted by Crippen LogP contribution is -2.58. The molecule has 1 aromatic heterocycles. The van der Waals surface area contributed by atoms with Crippen LogP contribution in [0.25, 0.3) is 22.0 Å². The number of carbonyl (C=O) groups excluding carboxylic acids is 2. The third-order valence-electron chi connectivity index (χ3n) is 7.84. The van der Waals surface area contributed by atoms with Gasteiger partial charge in [-0.1, -0.05) is 18.7 Å². The Balaban J connectivity index is 1.74. The number of benzene rings is 2. The summed E-state index contributed by atoms with van der Waals surface area (Å²) in [5, 5.41) is 2.84. The molecule has 246 valence electrons. The molecule has 9 nitrogen and oxygen atoms in total. The molecule has 0 saturated carbocycles. The van der Waals surface area contributed by atoms with Gasteiger partial charge in [0.1, 0.15) is 17.2 Å². The van der Waals surface area contributed by atoms with Gasteiger partial charge in [-0.2, -0.15) is 18.2 Å². The van der Waals surface area contributed by atoms with E-state index in [1.165, 1.54) is 22.8 Å². The molecule has 2 aromatic carbocycles. The molecule has 14 heteroatoms. The standard InChI is InChI=1S/C32H35F4N5O4S/c1-7-24(42)41-17(2)13-39(14-18(41)3)28-22-12-23(32(34,35)36)25(19-8-10-20(33)11-9-19)27-26(22)40(29(43)38-28)15-21(16-46-27)37-30(44)45-31(4,5)6/h7-12,17-18,21H,1,13-16H2,2-6H3,(H,37,44)/t17-,18+,21-/m0/s1. The van der Waals surface area contributed by atoms with E-state index >= 15 is 0 Å². The van der Waals surface area contributed by atoms with Crippen molar-refractivity contribution < 1.29 is 31.9 Å². The van der Waals surface area contributed by atoms with Crippen LogP contribution in [-0.4, -0.2) is 69.0 Å². The van der Waals surface area contributed by atoms with Gasteiger partial charge in [-0.05, 0) is 64.5 Å². The maximum absolute atomic E-state index is 14.9. The minimum absolute atomic E-state index is 0.0669. The molecule has 2 amide bonds. The van der Waals surface area contributed by atoms with E-state index < -0.39 is 41.0 Å². The van der Waals surface area contributed by atoms with Crippen LogP contribution in [0.15, 0.2) is 52.7 Å². The van der Waals surface area contributed by atoms with Crippen molar-refractivity contribution in [2.75, 3.05) is 23.7 Å². The predicted octanol–water partition coefficient (Wildman–Crippen LogP) is 5.83. The number of alkyl carbamates (subject to hydrolysis) is 1. The first-order valence-corrected chi connectivity index (χ1v) is 15.7. The van der Waals surface area contributed by atoms with Crippen LogP contribution in [0.4, 0.5) is 28.2 Å². The zero-order chi connectivity index (χ0) is 33.7. The molecular formula is C32H35F4N5O4S. The van der Waals surface area contributed by atoms with Crippen LogP contribution >= 0.6 is 11.8 Å². The van der Waals surface area contributed by atoms with Crippen LogP contribution in [0, 0.1) is 5.82 Å². The molecule has 1 N–H and O–H groups in total. The summed E-state index contributed by atoms with van der Waals surface area (Å²) in [7, 11) is 0. The quantitative estimate of drug-likeness (QED) is 0.278. The molecule has 0 unspecified atom stereocenters. The number of piperazine rings is 1. The molecule has 0 aliphatic carbocycles. The minimum atomic E-state index is -4.83. The van der Waals surface area contributed by atoms with Crippen molar-refractivity contribution in [2.24, 2.45) is 0 Å². The summed E-state index contributed by atoms with van der Waals surface area (Å²) in [6.07, 6.45) is -4.35.